The van der Waals surface area contributed by atoms with Crippen LogP contribution in [-0.2, 0) is 22.5 Å². The van der Waals surface area contributed by atoms with E-state index in [-0.39, 0.29) is 24.0 Å². The van der Waals surface area contributed by atoms with Gasteiger partial charge in [0.2, 0.25) is 0 Å². The van der Waals surface area contributed by atoms with Crippen molar-refractivity contribution in [2.75, 3.05) is 27.9 Å². The first-order valence-corrected chi connectivity index (χ1v) is 10.6. The average Bonchev–Trinajstić information content (AvgIpc) is 2.80. The first kappa shape index (κ1) is 22.1. The zero-order valence-electron chi connectivity index (χ0n) is 18.1. The molecule has 1 aliphatic rings. The van der Waals surface area contributed by atoms with Gasteiger partial charge in [0.1, 0.15) is 5.82 Å². The Kier molecular flexibility index (Phi) is 6.34. The highest BCUT2D eigenvalue weighted by atomic mass is 35.5. The molecule has 1 atom stereocenters. The van der Waals surface area contributed by atoms with Gasteiger partial charge in [0.05, 0.1) is 45.2 Å². The molecule has 32 heavy (non-hydrogen) atoms. The Hall–Kier alpha value is -3.10. The van der Waals surface area contributed by atoms with Gasteiger partial charge in [-0.3, -0.25) is 14.5 Å². The van der Waals surface area contributed by atoms with Crippen molar-refractivity contribution in [1.82, 2.24) is 14.9 Å². The molecule has 3 aromatic rings. The second-order valence-corrected chi connectivity index (χ2v) is 8.03. The normalized spacial score (nSPS) is 15.9. The molecule has 9 heteroatoms. The number of esters is 1. The molecule has 4 rings (SSSR count). The van der Waals surface area contributed by atoms with Gasteiger partial charge in [-0.2, -0.15) is 0 Å². The number of halogens is 1. The molecule has 0 radical (unpaired) electrons. The van der Waals surface area contributed by atoms with E-state index >= 15 is 0 Å². The predicted molar refractivity (Wildman–Crippen MR) is 120 cm³/mol. The third kappa shape index (κ3) is 4.28. The number of H-pyrrole nitrogens is 1. The summed E-state index contributed by atoms with van der Waals surface area (Å²) in [5, 5.41) is 0.917. The molecule has 2 heterocycles. The van der Waals surface area contributed by atoms with Crippen LogP contribution in [0, 0.1) is 0 Å². The molecule has 0 saturated heterocycles. The minimum Gasteiger partial charge on any atom is -0.493 e. The third-order valence-corrected chi connectivity index (χ3v) is 6.01. The number of fused-ring (bicyclic) bond motifs is 2. The lowest BCUT2D eigenvalue weighted by atomic mass is 9.90. The van der Waals surface area contributed by atoms with E-state index in [1.54, 1.807) is 32.4 Å². The minimum absolute atomic E-state index is 0.159. The Morgan fingerprint density at radius 2 is 1.94 bits per heavy atom. The van der Waals surface area contributed by atoms with Crippen LogP contribution in [0.25, 0.3) is 10.9 Å². The van der Waals surface area contributed by atoms with E-state index in [4.69, 9.17) is 25.8 Å². The molecule has 0 unspecified atom stereocenters. The summed E-state index contributed by atoms with van der Waals surface area (Å²) in [6.07, 6.45) is 0.910. The zero-order valence-corrected chi connectivity index (χ0v) is 18.9. The monoisotopic (exact) mass is 457 g/mol. The number of hydrogen-bond donors (Lipinski definition) is 1. The van der Waals surface area contributed by atoms with Gasteiger partial charge in [-0.05, 0) is 47.9 Å². The minimum atomic E-state index is -0.322. The summed E-state index contributed by atoms with van der Waals surface area (Å²) in [6, 6.07) is 8.63. The van der Waals surface area contributed by atoms with E-state index in [0.717, 1.165) is 17.5 Å². The number of carbonyl (C=O) groups excluding carboxylic acids is 1. The first-order chi connectivity index (χ1) is 15.4. The third-order valence-electron chi connectivity index (χ3n) is 5.77. The lowest BCUT2D eigenvalue weighted by Gasteiger charge is -2.37. The van der Waals surface area contributed by atoms with Crippen LogP contribution in [0.15, 0.2) is 35.1 Å². The van der Waals surface area contributed by atoms with Crippen molar-refractivity contribution in [3.63, 3.8) is 0 Å². The maximum absolute atomic E-state index is 12.6. The molecule has 0 spiro atoms. The maximum Gasteiger partial charge on any atom is 0.307 e. The molecule has 8 nitrogen and oxygen atoms in total. The highest BCUT2D eigenvalue weighted by Crippen LogP contribution is 2.40. The fraction of sp³-hybridized carbons (Fsp3) is 0.348. The van der Waals surface area contributed by atoms with Crippen molar-refractivity contribution in [3.05, 3.63) is 62.7 Å². The molecule has 2 aromatic carbocycles. The quantitative estimate of drug-likeness (QED) is 0.568. The first-order valence-electron chi connectivity index (χ1n) is 10.2. The summed E-state index contributed by atoms with van der Waals surface area (Å²) in [6.45, 7) is 1.04. The largest absolute Gasteiger partial charge is 0.493 e. The summed E-state index contributed by atoms with van der Waals surface area (Å²) in [7, 11) is 4.55. The Labute approximate surface area is 190 Å². The highest BCUT2D eigenvalue weighted by Gasteiger charge is 2.31. The number of rotatable bonds is 6. The summed E-state index contributed by atoms with van der Waals surface area (Å²) < 4.78 is 15.9. The number of carbonyl (C=O) groups is 1. The fourth-order valence-corrected chi connectivity index (χ4v) is 4.35. The molecular formula is C23H24ClN3O5. The van der Waals surface area contributed by atoms with E-state index < -0.39 is 0 Å². The summed E-state index contributed by atoms with van der Waals surface area (Å²) in [5.74, 6) is 1.44. The van der Waals surface area contributed by atoms with Gasteiger partial charge in [0.25, 0.3) is 5.56 Å². The van der Waals surface area contributed by atoms with Crippen LogP contribution in [0.2, 0.25) is 5.02 Å². The van der Waals surface area contributed by atoms with Gasteiger partial charge in [0.15, 0.2) is 11.5 Å². The maximum atomic E-state index is 12.6. The Morgan fingerprint density at radius 1 is 1.19 bits per heavy atom. The Balaban J connectivity index is 1.72. The van der Waals surface area contributed by atoms with Crippen LogP contribution < -0.4 is 15.0 Å². The van der Waals surface area contributed by atoms with Gasteiger partial charge in [-0.1, -0.05) is 11.6 Å². The topological polar surface area (TPSA) is 93.8 Å². The number of benzene rings is 2. The van der Waals surface area contributed by atoms with Gasteiger partial charge >= 0.3 is 5.97 Å². The van der Waals surface area contributed by atoms with Gasteiger partial charge in [-0.15, -0.1) is 0 Å². The van der Waals surface area contributed by atoms with Gasteiger partial charge in [-0.25, -0.2) is 4.98 Å². The zero-order chi connectivity index (χ0) is 22.8. The number of ether oxygens (including phenoxy) is 3. The van der Waals surface area contributed by atoms with Crippen molar-refractivity contribution in [2.24, 2.45) is 0 Å². The molecular weight excluding hydrogens is 434 g/mol. The van der Waals surface area contributed by atoms with Crippen molar-refractivity contribution in [3.8, 4) is 11.5 Å². The van der Waals surface area contributed by atoms with Crippen molar-refractivity contribution < 1.29 is 19.0 Å². The second-order valence-electron chi connectivity index (χ2n) is 7.60. The van der Waals surface area contributed by atoms with Gasteiger partial charge in [0, 0.05) is 17.6 Å². The van der Waals surface area contributed by atoms with Crippen molar-refractivity contribution >= 4 is 28.5 Å². The fourth-order valence-electron chi connectivity index (χ4n) is 4.18. The summed E-state index contributed by atoms with van der Waals surface area (Å²) >= 11 is 6.01. The molecule has 1 N–H and O–H groups in total. The molecule has 0 aliphatic carbocycles. The van der Waals surface area contributed by atoms with Crippen LogP contribution in [0.1, 0.15) is 29.4 Å². The lowest BCUT2D eigenvalue weighted by molar-refractivity contribution is -0.142. The summed E-state index contributed by atoms with van der Waals surface area (Å²) in [5.41, 5.74) is 2.37. The predicted octanol–water partition coefficient (Wildman–Crippen LogP) is 3.26. The van der Waals surface area contributed by atoms with E-state index in [0.29, 0.717) is 46.3 Å². The molecule has 0 saturated carbocycles. The Bertz CT molecular complexity index is 1230. The van der Waals surface area contributed by atoms with Crippen LogP contribution >= 0.6 is 11.6 Å². The van der Waals surface area contributed by atoms with Crippen molar-refractivity contribution in [2.45, 2.75) is 25.4 Å². The van der Waals surface area contributed by atoms with Crippen molar-refractivity contribution in [1.29, 1.82) is 0 Å². The smallest absolute Gasteiger partial charge is 0.307 e. The van der Waals surface area contributed by atoms with E-state index in [2.05, 4.69) is 14.9 Å². The molecule has 0 amide bonds. The molecule has 1 aromatic heterocycles. The van der Waals surface area contributed by atoms with E-state index in [1.807, 2.05) is 12.1 Å². The van der Waals surface area contributed by atoms with Crippen LogP contribution in [-0.4, -0.2) is 48.7 Å². The number of aromatic amines is 1. The van der Waals surface area contributed by atoms with Gasteiger partial charge < -0.3 is 19.2 Å². The second kappa shape index (κ2) is 9.18. The number of nitrogens with zero attached hydrogens (tertiary/aromatic N) is 2. The molecule has 0 bridgehead atoms. The Morgan fingerprint density at radius 3 is 2.66 bits per heavy atom. The SMILES string of the molecule is COC(=O)C[C@H]1c2cc(OC)c(OC)cc2CCN1Cc1nc2ccc(Cl)cc2c(=O)[nH]1. The molecule has 168 valence electrons. The average molecular weight is 458 g/mol. The number of methoxy groups -OCH3 is 3. The molecule has 0 fully saturated rings. The van der Waals surface area contributed by atoms with Crippen LogP contribution in [0.4, 0.5) is 0 Å². The standard InChI is InChI=1S/C23H24ClN3O5/c1-30-19-8-13-6-7-27(18(11-22(28)32-3)15(13)10-20(19)31-2)12-21-25-17-5-4-14(24)9-16(17)23(29)26-21/h4-5,8-10,18H,6-7,11-12H2,1-3H3,(H,25,26,29)/t18-/m0/s1. The van der Waals surface area contributed by atoms with E-state index in [1.165, 1.54) is 7.11 Å². The number of aromatic nitrogens is 2. The van der Waals surface area contributed by atoms with Crippen LogP contribution in [0.3, 0.4) is 0 Å². The number of nitrogens with one attached hydrogen (secondary N) is 1. The summed E-state index contributed by atoms with van der Waals surface area (Å²) in [4.78, 5) is 34.4. The highest BCUT2D eigenvalue weighted by molar-refractivity contribution is 6.31. The number of hydrogen-bond acceptors (Lipinski definition) is 7. The lowest BCUT2D eigenvalue weighted by Crippen LogP contribution is -2.37. The molecule has 1 aliphatic heterocycles. The van der Waals surface area contributed by atoms with E-state index in [9.17, 15) is 9.59 Å². The van der Waals surface area contributed by atoms with Crippen LogP contribution in [0.5, 0.6) is 11.5 Å².